The van der Waals surface area contributed by atoms with Gasteiger partial charge in [0.1, 0.15) is 5.60 Å². The molecule has 0 N–H and O–H groups in total. The fourth-order valence-electron chi connectivity index (χ4n) is 2.08. The number of esters is 1. The van der Waals surface area contributed by atoms with E-state index < -0.39 is 5.60 Å². The molecule has 0 amide bonds. The van der Waals surface area contributed by atoms with E-state index in [1.807, 2.05) is 30.3 Å². The van der Waals surface area contributed by atoms with Crippen LogP contribution < -0.4 is 0 Å². The van der Waals surface area contributed by atoms with E-state index in [1.54, 1.807) is 0 Å². The minimum Gasteiger partial charge on any atom is -0.453 e. The summed E-state index contributed by atoms with van der Waals surface area (Å²) in [7, 11) is 0. The third-order valence-electron chi connectivity index (χ3n) is 2.94. The molecule has 2 rings (SSSR count). The molecular weight excluding hydrogens is 303 g/mol. The molecule has 0 saturated carbocycles. The molecule has 1 aromatic rings. The zero-order valence-electron chi connectivity index (χ0n) is 8.57. The number of hydrogen-bond donors (Lipinski definition) is 0. The molecule has 1 aliphatic heterocycles. The summed E-state index contributed by atoms with van der Waals surface area (Å²) >= 11 is 2.32. The molecule has 15 heavy (non-hydrogen) atoms. The van der Waals surface area contributed by atoms with Crippen molar-refractivity contribution in [3.63, 3.8) is 0 Å². The molecular formula is C12H13IO2. The van der Waals surface area contributed by atoms with Gasteiger partial charge in [0, 0.05) is 0 Å². The lowest BCUT2D eigenvalue weighted by molar-refractivity contribution is -0.149. The standard InChI is InChI=1S/C12H13IO2/c1-2-12(9-6-4-3-5-7-9)10(13)8-11(14)15-12/h3-7,10H,2,8H2,1H3/t10-,12+/m0/s1. The Morgan fingerprint density at radius 1 is 1.47 bits per heavy atom. The van der Waals surface area contributed by atoms with Crippen LogP contribution >= 0.6 is 22.6 Å². The fraction of sp³-hybridized carbons (Fsp3) is 0.417. The average Bonchev–Trinajstić information content (AvgIpc) is 2.56. The van der Waals surface area contributed by atoms with E-state index in [9.17, 15) is 4.79 Å². The highest BCUT2D eigenvalue weighted by Gasteiger charge is 2.47. The van der Waals surface area contributed by atoms with Gasteiger partial charge >= 0.3 is 5.97 Å². The maximum Gasteiger partial charge on any atom is 0.307 e. The Labute approximate surface area is 103 Å². The molecule has 1 aromatic carbocycles. The van der Waals surface area contributed by atoms with Crippen LogP contribution in [0.4, 0.5) is 0 Å². The second-order valence-electron chi connectivity index (χ2n) is 3.75. The minimum atomic E-state index is -0.404. The summed E-state index contributed by atoms with van der Waals surface area (Å²) in [5, 5.41) is 0. The number of cyclic esters (lactones) is 1. The number of hydrogen-bond acceptors (Lipinski definition) is 2. The molecule has 80 valence electrons. The van der Waals surface area contributed by atoms with Crippen LogP contribution in [-0.2, 0) is 15.1 Å². The van der Waals surface area contributed by atoms with Crippen molar-refractivity contribution < 1.29 is 9.53 Å². The van der Waals surface area contributed by atoms with Crippen LogP contribution in [0.3, 0.4) is 0 Å². The van der Waals surface area contributed by atoms with Crippen molar-refractivity contribution in [3.05, 3.63) is 35.9 Å². The number of carbonyl (C=O) groups is 1. The van der Waals surface area contributed by atoms with Gasteiger partial charge in [0.25, 0.3) is 0 Å². The third-order valence-corrected chi connectivity index (χ3v) is 4.38. The first-order valence-electron chi connectivity index (χ1n) is 5.10. The lowest BCUT2D eigenvalue weighted by Crippen LogP contribution is -2.32. The molecule has 2 atom stereocenters. The van der Waals surface area contributed by atoms with E-state index in [-0.39, 0.29) is 9.89 Å². The zero-order chi connectivity index (χ0) is 10.9. The van der Waals surface area contributed by atoms with Crippen LogP contribution in [0.5, 0.6) is 0 Å². The summed E-state index contributed by atoms with van der Waals surface area (Å²) in [5.41, 5.74) is 0.705. The van der Waals surface area contributed by atoms with Crippen molar-refractivity contribution in [1.29, 1.82) is 0 Å². The SMILES string of the molecule is CC[C@]1(c2ccccc2)OC(=O)C[C@@H]1I. The Morgan fingerprint density at radius 2 is 2.13 bits per heavy atom. The van der Waals surface area contributed by atoms with E-state index >= 15 is 0 Å². The average molecular weight is 316 g/mol. The van der Waals surface area contributed by atoms with Crippen LogP contribution in [0.2, 0.25) is 0 Å². The lowest BCUT2D eigenvalue weighted by Gasteiger charge is -2.30. The fourth-order valence-corrected chi connectivity index (χ4v) is 3.36. The molecule has 3 heteroatoms. The van der Waals surface area contributed by atoms with Crippen LogP contribution in [0.1, 0.15) is 25.3 Å². The monoisotopic (exact) mass is 316 g/mol. The highest BCUT2D eigenvalue weighted by Crippen LogP contribution is 2.43. The van der Waals surface area contributed by atoms with Crippen molar-refractivity contribution >= 4 is 28.6 Å². The molecule has 0 bridgehead atoms. The molecule has 0 spiro atoms. The van der Waals surface area contributed by atoms with Gasteiger partial charge in [-0.15, -0.1) is 0 Å². The predicted molar refractivity (Wildman–Crippen MR) is 66.9 cm³/mol. The molecule has 1 fully saturated rings. The Balaban J connectivity index is 2.42. The molecule has 2 nitrogen and oxygen atoms in total. The Hall–Kier alpha value is -0.580. The zero-order valence-corrected chi connectivity index (χ0v) is 10.7. The van der Waals surface area contributed by atoms with Gasteiger partial charge in [0.05, 0.1) is 10.3 Å². The van der Waals surface area contributed by atoms with Crippen molar-refractivity contribution in [2.24, 2.45) is 0 Å². The largest absolute Gasteiger partial charge is 0.453 e. The number of benzene rings is 1. The second kappa shape index (κ2) is 4.12. The number of ether oxygens (including phenoxy) is 1. The molecule has 1 heterocycles. The second-order valence-corrected chi connectivity index (χ2v) is 5.26. The highest BCUT2D eigenvalue weighted by molar-refractivity contribution is 14.1. The molecule has 0 aromatic heterocycles. The topological polar surface area (TPSA) is 26.3 Å². The summed E-state index contributed by atoms with van der Waals surface area (Å²) < 4.78 is 5.78. The van der Waals surface area contributed by atoms with Gasteiger partial charge in [0.2, 0.25) is 0 Å². The first-order valence-corrected chi connectivity index (χ1v) is 6.35. The van der Waals surface area contributed by atoms with E-state index in [2.05, 4.69) is 29.5 Å². The van der Waals surface area contributed by atoms with E-state index in [0.29, 0.717) is 6.42 Å². The Kier molecular flexibility index (Phi) is 3.00. The van der Waals surface area contributed by atoms with Gasteiger partial charge in [-0.25, -0.2) is 0 Å². The van der Waals surface area contributed by atoms with Gasteiger partial charge in [-0.05, 0) is 12.0 Å². The third kappa shape index (κ3) is 1.77. The maximum absolute atomic E-state index is 11.4. The van der Waals surface area contributed by atoms with Crippen molar-refractivity contribution in [1.82, 2.24) is 0 Å². The van der Waals surface area contributed by atoms with Gasteiger partial charge in [0.15, 0.2) is 0 Å². The van der Waals surface area contributed by atoms with Crippen LogP contribution in [0.15, 0.2) is 30.3 Å². The van der Waals surface area contributed by atoms with Crippen LogP contribution in [-0.4, -0.2) is 9.89 Å². The van der Waals surface area contributed by atoms with Crippen molar-refractivity contribution in [2.45, 2.75) is 29.3 Å². The summed E-state index contributed by atoms with van der Waals surface area (Å²) in [6, 6.07) is 10.0. The maximum atomic E-state index is 11.4. The minimum absolute atomic E-state index is 0.0832. The molecule has 0 radical (unpaired) electrons. The first kappa shape index (κ1) is 10.9. The lowest BCUT2D eigenvalue weighted by atomic mass is 9.88. The molecule has 0 aliphatic carbocycles. The number of alkyl halides is 1. The smallest absolute Gasteiger partial charge is 0.307 e. The quantitative estimate of drug-likeness (QED) is 0.476. The highest BCUT2D eigenvalue weighted by atomic mass is 127. The Morgan fingerprint density at radius 3 is 2.60 bits per heavy atom. The number of rotatable bonds is 2. The van der Waals surface area contributed by atoms with E-state index in [1.165, 1.54) is 0 Å². The summed E-state index contributed by atoms with van der Waals surface area (Å²) in [4.78, 5) is 11.4. The van der Waals surface area contributed by atoms with Gasteiger partial charge in [-0.1, -0.05) is 59.8 Å². The van der Waals surface area contributed by atoms with Crippen LogP contribution in [0, 0.1) is 0 Å². The summed E-state index contributed by atoms with van der Waals surface area (Å²) in [5.74, 6) is -0.0832. The van der Waals surface area contributed by atoms with Gasteiger partial charge in [-0.2, -0.15) is 0 Å². The first-order chi connectivity index (χ1) is 7.19. The van der Waals surface area contributed by atoms with Crippen molar-refractivity contribution in [2.75, 3.05) is 0 Å². The van der Waals surface area contributed by atoms with E-state index in [4.69, 9.17) is 4.74 Å². The number of halogens is 1. The normalized spacial score (nSPS) is 30.3. The molecule has 1 saturated heterocycles. The molecule has 0 unspecified atom stereocenters. The van der Waals surface area contributed by atoms with Crippen molar-refractivity contribution in [3.8, 4) is 0 Å². The van der Waals surface area contributed by atoms with Gasteiger partial charge in [-0.3, -0.25) is 4.79 Å². The number of carbonyl (C=O) groups excluding carboxylic acids is 1. The summed E-state index contributed by atoms with van der Waals surface area (Å²) in [6.45, 7) is 2.07. The van der Waals surface area contributed by atoms with Gasteiger partial charge < -0.3 is 4.74 Å². The Bertz CT molecular complexity index is 363. The van der Waals surface area contributed by atoms with Crippen LogP contribution in [0.25, 0.3) is 0 Å². The molecule has 1 aliphatic rings. The summed E-state index contributed by atoms with van der Waals surface area (Å²) in [6.07, 6.45) is 1.35. The van der Waals surface area contributed by atoms with E-state index in [0.717, 1.165) is 12.0 Å². The predicted octanol–water partition coefficient (Wildman–Crippen LogP) is 3.04.